The molecule has 0 aliphatic rings. The van der Waals surface area contributed by atoms with Crippen LogP contribution in [0.1, 0.15) is 0 Å². The lowest BCUT2D eigenvalue weighted by molar-refractivity contribution is 0.473. The summed E-state index contributed by atoms with van der Waals surface area (Å²) in [6.07, 6.45) is 6.42. The van der Waals surface area contributed by atoms with Crippen LogP contribution in [0.4, 0.5) is 4.39 Å². The van der Waals surface area contributed by atoms with E-state index in [9.17, 15) is 9.50 Å². The molecule has 0 spiro atoms. The Morgan fingerprint density at radius 1 is 0.968 bits per heavy atom. The molecule has 0 saturated heterocycles. The first kappa shape index (κ1) is 17.7. The van der Waals surface area contributed by atoms with Crippen molar-refractivity contribution in [2.24, 2.45) is 0 Å². The fourth-order valence-electron chi connectivity index (χ4n) is 3.68. The molecule has 0 radical (unpaired) electrons. The van der Waals surface area contributed by atoms with Gasteiger partial charge in [-0.2, -0.15) is 9.49 Å². The van der Waals surface area contributed by atoms with Gasteiger partial charge in [-0.25, -0.2) is 4.98 Å². The predicted molar refractivity (Wildman–Crippen MR) is 117 cm³/mol. The maximum absolute atomic E-state index is 13.6. The Hall–Kier alpha value is -4.11. The van der Waals surface area contributed by atoms with Crippen molar-refractivity contribution in [3.8, 4) is 38.8 Å². The zero-order valence-corrected chi connectivity index (χ0v) is 16.6. The van der Waals surface area contributed by atoms with Gasteiger partial charge in [-0.05, 0) is 36.4 Å². The highest BCUT2D eigenvalue weighted by atomic mass is 32.1. The number of nitrogens with one attached hydrogen (secondary N) is 2. The van der Waals surface area contributed by atoms with Crippen LogP contribution >= 0.6 is 11.3 Å². The molecule has 31 heavy (non-hydrogen) atoms. The topological polar surface area (TPSA) is 103 Å². The monoisotopic (exact) mass is 428 g/mol. The van der Waals surface area contributed by atoms with Crippen LogP contribution in [-0.2, 0) is 0 Å². The van der Waals surface area contributed by atoms with Crippen molar-refractivity contribution in [2.45, 2.75) is 0 Å². The Morgan fingerprint density at radius 3 is 2.74 bits per heavy atom. The fraction of sp³-hybridized carbons (Fsp3) is 0. The summed E-state index contributed by atoms with van der Waals surface area (Å²) in [6, 6.07) is 10.6. The van der Waals surface area contributed by atoms with Gasteiger partial charge in [0.25, 0.3) is 0 Å². The van der Waals surface area contributed by atoms with Crippen molar-refractivity contribution in [2.75, 3.05) is 0 Å². The zero-order valence-electron chi connectivity index (χ0n) is 15.8. The summed E-state index contributed by atoms with van der Waals surface area (Å²) >= 11 is 1.10. The predicted octanol–water partition coefficient (Wildman–Crippen LogP) is 5.14. The fourth-order valence-corrected chi connectivity index (χ4v) is 4.45. The Balaban J connectivity index is 1.51. The van der Waals surface area contributed by atoms with E-state index >= 15 is 0 Å². The summed E-state index contributed by atoms with van der Waals surface area (Å²) < 4.78 is 13.6. The van der Waals surface area contributed by atoms with E-state index in [1.807, 2.05) is 18.2 Å². The van der Waals surface area contributed by atoms with Gasteiger partial charge in [-0.1, -0.05) is 0 Å². The molecule has 7 nitrogen and oxygen atoms in total. The standard InChI is InChI=1S/C22H13FN6OS/c23-20-2-1-19(31-20)13-3-4-25-22-14(13)6-17(27-22)21-15-7-16(26-10-18(15)28-29-21)11-5-12(30)9-24-8-11/h1-10,30H,(H,25,27)(H,28,29). The second-order valence-corrected chi connectivity index (χ2v) is 8.06. The quantitative estimate of drug-likeness (QED) is 0.362. The van der Waals surface area contributed by atoms with Crippen molar-refractivity contribution in [1.29, 1.82) is 0 Å². The normalized spacial score (nSPS) is 11.5. The molecule has 150 valence electrons. The van der Waals surface area contributed by atoms with Crippen LogP contribution in [0.3, 0.4) is 0 Å². The molecule has 6 rings (SSSR count). The minimum Gasteiger partial charge on any atom is -0.506 e. The van der Waals surface area contributed by atoms with Crippen LogP contribution in [0.5, 0.6) is 5.75 Å². The molecular weight excluding hydrogens is 415 g/mol. The molecule has 6 aromatic heterocycles. The number of hydrogen-bond acceptors (Lipinski definition) is 6. The number of rotatable bonds is 3. The lowest BCUT2D eigenvalue weighted by atomic mass is 10.1. The molecule has 3 N–H and O–H groups in total. The molecule has 0 saturated carbocycles. The summed E-state index contributed by atoms with van der Waals surface area (Å²) in [5.74, 6) is 0.0750. The van der Waals surface area contributed by atoms with E-state index in [1.54, 1.807) is 30.7 Å². The maximum atomic E-state index is 13.6. The molecule has 6 aromatic rings. The highest BCUT2D eigenvalue weighted by molar-refractivity contribution is 7.14. The Labute approximate surface area is 178 Å². The molecule has 6 heterocycles. The third-order valence-corrected chi connectivity index (χ3v) is 6.00. The molecule has 0 aromatic carbocycles. The van der Waals surface area contributed by atoms with Crippen LogP contribution < -0.4 is 0 Å². The van der Waals surface area contributed by atoms with E-state index < -0.39 is 0 Å². The number of fused-ring (bicyclic) bond motifs is 2. The maximum Gasteiger partial charge on any atom is 0.176 e. The first-order valence-corrected chi connectivity index (χ1v) is 10.2. The summed E-state index contributed by atoms with van der Waals surface area (Å²) in [7, 11) is 0. The van der Waals surface area contributed by atoms with E-state index in [4.69, 9.17) is 0 Å². The van der Waals surface area contributed by atoms with Crippen LogP contribution in [0.2, 0.25) is 0 Å². The van der Waals surface area contributed by atoms with Gasteiger partial charge in [0, 0.05) is 39.2 Å². The zero-order chi connectivity index (χ0) is 20.9. The van der Waals surface area contributed by atoms with E-state index in [-0.39, 0.29) is 10.9 Å². The minimum absolute atomic E-state index is 0.0750. The molecular formula is C22H13FN6OS. The average Bonchev–Trinajstić information content (AvgIpc) is 3.50. The Kier molecular flexibility index (Phi) is 3.84. The van der Waals surface area contributed by atoms with Crippen molar-refractivity contribution >= 4 is 33.3 Å². The molecule has 0 fully saturated rings. The van der Waals surface area contributed by atoms with E-state index in [2.05, 4.69) is 30.1 Å². The number of nitrogens with zero attached hydrogens (tertiary/aromatic N) is 4. The van der Waals surface area contributed by atoms with Gasteiger partial charge in [0.2, 0.25) is 0 Å². The van der Waals surface area contributed by atoms with Gasteiger partial charge in [-0.15, -0.1) is 11.3 Å². The minimum atomic E-state index is -0.226. The largest absolute Gasteiger partial charge is 0.506 e. The molecule has 0 bridgehead atoms. The first-order valence-electron chi connectivity index (χ1n) is 9.38. The number of aromatic hydroxyl groups is 1. The number of pyridine rings is 3. The van der Waals surface area contributed by atoms with Crippen molar-refractivity contribution in [1.82, 2.24) is 30.1 Å². The van der Waals surface area contributed by atoms with Crippen molar-refractivity contribution < 1.29 is 9.50 Å². The van der Waals surface area contributed by atoms with Gasteiger partial charge in [0.1, 0.15) is 17.1 Å². The first-order chi connectivity index (χ1) is 15.2. The molecule has 0 atom stereocenters. The Morgan fingerprint density at radius 2 is 1.90 bits per heavy atom. The van der Waals surface area contributed by atoms with Crippen molar-refractivity contribution in [3.05, 3.63) is 66.3 Å². The van der Waals surface area contributed by atoms with E-state index in [0.29, 0.717) is 22.6 Å². The third-order valence-electron chi connectivity index (χ3n) is 5.09. The van der Waals surface area contributed by atoms with Crippen molar-refractivity contribution in [3.63, 3.8) is 0 Å². The van der Waals surface area contributed by atoms with Gasteiger partial charge in [0.15, 0.2) is 5.13 Å². The number of H-pyrrole nitrogens is 2. The Bertz CT molecular complexity index is 1580. The second kappa shape index (κ2) is 6.71. The highest BCUT2D eigenvalue weighted by Gasteiger charge is 2.16. The lowest BCUT2D eigenvalue weighted by Crippen LogP contribution is -1.85. The molecule has 0 amide bonds. The molecule has 0 unspecified atom stereocenters. The van der Waals surface area contributed by atoms with Gasteiger partial charge >= 0.3 is 0 Å². The lowest BCUT2D eigenvalue weighted by Gasteiger charge is -2.01. The van der Waals surface area contributed by atoms with Gasteiger partial charge in [0.05, 0.1) is 29.3 Å². The van der Waals surface area contributed by atoms with E-state index in [1.165, 1.54) is 12.3 Å². The molecule has 0 aliphatic heterocycles. The number of halogens is 1. The number of aromatic nitrogens is 6. The SMILES string of the molecule is Oc1cncc(-c2cc3c(-c4cc5c(-c6ccc(F)s6)ccnc5[nH]4)n[nH]c3cn2)c1. The molecule has 9 heteroatoms. The van der Waals surface area contributed by atoms with Gasteiger partial charge < -0.3 is 10.1 Å². The summed E-state index contributed by atoms with van der Waals surface area (Å²) in [4.78, 5) is 17.1. The third kappa shape index (κ3) is 2.94. The number of hydrogen-bond donors (Lipinski definition) is 3. The summed E-state index contributed by atoms with van der Waals surface area (Å²) in [5.41, 5.74) is 5.26. The molecule has 0 aliphatic carbocycles. The van der Waals surface area contributed by atoms with Crippen LogP contribution in [0, 0.1) is 5.13 Å². The number of thiophene rings is 1. The smallest absolute Gasteiger partial charge is 0.176 e. The summed E-state index contributed by atoms with van der Waals surface area (Å²) in [5, 5.41) is 18.7. The average molecular weight is 428 g/mol. The van der Waals surface area contributed by atoms with Crippen LogP contribution in [0.25, 0.3) is 55.0 Å². The second-order valence-electron chi connectivity index (χ2n) is 7.03. The number of aromatic amines is 2. The highest BCUT2D eigenvalue weighted by Crippen LogP contribution is 2.36. The van der Waals surface area contributed by atoms with Crippen LogP contribution in [-0.4, -0.2) is 35.2 Å². The summed E-state index contributed by atoms with van der Waals surface area (Å²) in [6.45, 7) is 0. The van der Waals surface area contributed by atoms with Crippen LogP contribution in [0.15, 0.2) is 61.2 Å². The van der Waals surface area contributed by atoms with E-state index in [0.717, 1.165) is 43.8 Å². The van der Waals surface area contributed by atoms with Gasteiger partial charge in [-0.3, -0.25) is 15.1 Å².